The monoisotopic (exact) mass is 294 g/mol. The van der Waals surface area contributed by atoms with E-state index >= 15 is 0 Å². The van der Waals surface area contributed by atoms with Gasteiger partial charge in [0, 0.05) is 24.5 Å². The molecule has 0 aliphatic heterocycles. The maximum Gasteiger partial charge on any atom is 0.242 e. The Hall–Kier alpha value is -1.82. The van der Waals surface area contributed by atoms with Gasteiger partial charge in [-0.15, -0.1) is 11.3 Å². The first-order valence-corrected chi connectivity index (χ1v) is 7.77. The van der Waals surface area contributed by atoms with Crippen molar-refractivity contribution in [2.75, 3.05) is 6.54 Å². The molecule has 1 N–H and O–H groups in total. The molecule has 0 saturated carbocycles. The van der Waals surface area contributed by atoms with Crippen molar-refractivity contribution >= 4 is 21.4 Å². The second-order valence-electron chi connectivity index (χ2n) is 3.62. The van der Waals surface area contributed by atoms with Gasteiger partial charge in [-0.05, 0) is 12.1 Å². The number of aromatic nitrogens is 2. The Balaban J connectivity index is 1.99. The fourth-order valence-corrected chi connectivity index (χ4v) is 2.93. The van der Waals surface area contributed by atoms with E-state index in [1.165, 1.54) is 29.7 Å². The summed E-state index contributed by atoms with van der Waals surface area (Å²) < 4.78 is 26.3. The lowest BCUT2D eigenvalue weighted by molar-refractivity contribution is 0.581. The van der Waals surface area contributed by atoms with Gasteiger partial charge in [0.05, 0.1) is 11.2 Å². The van der Waals surface area contributed by atoms with Crippen LogP contribution in [-0.4, -0.2) is 24.9 Å². The summed E-state index contributed by atoms with van der Waals surface area (Å²) in [6.45, 7) is 0.270. The van der Waals surface area contributed by atoms with Crippen molar-refractivity contribution in [3.05, 3.63) is 40.6 Å². The van der Waals surface area contributed by atoms with Gasteiger partial charge in [0.2, 0.25) is 10.0 Å². The summed E-state index contributed by atoms with van der Waals surface area (Å²) in [5, 5.41) is 10.5. The first-order valence-electron chi connectivity index (χ1n) is 5.35. The molecule has 0 atom stereocenters. The number of rotatable bonds is 5. The topological polar surface area (TPSA) is 95.7 Å². The van der Waals surface area contributed by atoms with Crippen LogP contribution in [0.3, 0.4) is 0 Å². The molecule has 0 bridgehead atoms. The van der Waals surface area contributed by atoms with Crippen molar-refractivity contribution in [3.8, 4) is 6.07 Å². The summed E-state index contributed by atoms with van der Waals surface area (Å²) in [6.07, 6.45) is 1.70. The molecule has 6 nitrogen and oxygen atoms in total. The number of nitrogens with one attached hydrogen (secondary N) is 1. The number of nitriles is 1. The zero-order chi connectivity index (χ0) is 13.7. The fraction of sp³-hybridized carbons (Fsp3) is 0.182. The Kier molecular flexibility index (Phi) is 4.21. The van der Waals surface area contributed by atoms with E-state index in [0.29, 0.717) is 6.42 Å². The van der Waals surface area contributed by atoms with Gasteiger partial charge in [-0.25, -0.2) is 23.1 Å². The van der Waals surface area contributed by atoms with E-state index < -0.39 is 10.0 Å². The first-order chi connectivity index (χ1) is 9.12. The Morgan fingerprint density at radius 2 is 2.21 bits per heavy atom. The Labute approximate surface area is 114 Å². The summed E-state index contributed by atoms with van der Waals surface area (Å²) in [6, 6.07) is 4.56. The molecule has 0 aromatic carbocycles. The van der Waals surface area contributed by atoms with E-state index in [4.69, 9.17) is 5.26 Å². The van der Waals surface area contributed by atoms with Crippen molar-refractivity contribution in [3.63, 3.8) is 0 Å². The van der Waals surface area contributed by atoms with Gasteiger partial charge in [0.25, 0.3) is 0 Å². The van der Waals surface area contributed by atoms with Gasteiger partial charge in [-0.1, -0.05) is 0 Å². The molecule has 0 amide bonds. The molecule has 2 aromatic heterocycles. The van der Waals surface area contributed by atoms with Crippen LogP contribution in [0.4, 0.5) is 0 Å². The zero-order valence-electron chi connectivity index (χ0n) is 9.78. The minimum Gasteiger partial charge on any atom is -0.250 e. The molecule has 0 fully saturated rings. The SMILES string of the molecule is N#Cc1ccc(S(=O)(=O)NCCc2cscn2)cn1. The van der Waals surface area contributed by atoms with Gasteiger partial charge in [-0.2, -0.15) is 5.26 Å². The molecule has 0 aliphatic carbocycles. The number of sulfonamides is 1. The van der Waals surface area contributed by atoms with Crippen molar-refractivity contribution in [1.82, 2.24) is 14.7 Å². The van der Waals surface area contributed by atoms with E-state index in [2.05, 4.69) is 14.7 Å². The highest BCUT2D eigenvalue weighted by atomic mass is 32.2. The van der Waals surface area contributed by atoms with E-state index in [1.807, 2.05) is 11.4 Å². The molecular formula is C11H10N4O2S2. The largest absolute Gasteiger partial charge is 0.250 e. The van der Waals surface area contributed by atoms with Crippen LogP contribution in [0.15, 0.2) is 34.1 Å². The molecule has 8 heteroatoms. The van der Waals surface area contributed by atoms with E-state index in [0.717, 1.165) is 5.69 Å². The smallest absolute Gasteiger partial charge is 0.242 e. The van der Waals surface area contributed by atoms with Crippen LogP contribution in [0.25, 0.3) is 0 Å². The lowest BCUT2D eigenvalue weighted by atomic mass is 10.3. The number of nitrogens with zero attached hydrogens (tertiary/aromatic N) is 3. The Morgan fingerprint density at radius 1 is 1.37 bits per heavy atom. The third kappa shape index (κ3) is 3.57. The number of hydrogen-bond donors (Lipinski definition) is 1. The molecule has 0 unspecified atom stereocenters. The van der Waals surface area contributed by atoms with Gasteiger partial charge < -0.3 is 0 Å². The predicted molar refractivity (Wildman–Crippen MR) is 70.0 cm³/mol. The maximum absolute atomic E-state index is 11.9. The highest BCUT2D eigenvalue weighted by Crippen LogP contribution is 2.08. The second kappa shape index (κ2) is 5.88. The minimum absolute atomic E-state index is 0.0461. The number of hydrogen-bond acceptors (Lipinski definition) is 6. The Bertz CT molecular complexity index is 672. The molecule has 2 rings (SSSR count). The van der Waals surface area contributed by atoms with E-state index in [9.17, 15) is 8.42 Å². The van der Waals surface area contributed by atoms with Crippen LogP contribution in [0.2, 0.25) is 0 Å². The van der Waals surface area contributed by atoms with Crippen LogP contribution in [0.1, 0.15) is 11.4 Å². The van der Waals surface area contributed by atoms with E-state index in [1.54, 1.807) is 5.51 Å². The van der Waals surface area contributed by atoms with Crippen LogP contribution in [-0.2, 0) is 16.4 Å². The molecule has 0 radical (unpaired) electrons. The van der Waals surface area contributed by atoms with Crippen molar-refractivity contribution in [1.29, 1.82) is 5.26 Å². The highest BCUT2D eigenvalue weighted by Gasteiger charge is 2.13. The third-order valence-electron chi connectivity index (χ3n) is 2.32. The molecule has 2 aromatic rings. The van der Waals surface area contributed by atoms with Crippen LogP contribution in [0.5, 0.6) is 0 Å². The van der Waals surface area contributed by atoms with Gasteiger partial charge >= 0.3 is 0 Å². The number of pyridine rings is 1. The summed E-state index contributed by atoms with van der Waals surface area (Å²) in [7, 11) is -3.58. The Morgan fingerprint density at radius 3 is 2.79 bits per heavy atom. The second-order valence-corrected chi connectivity index (χ2v) is 6.10. The van der Waals surface area contributed by atoms with Crippen LogP contribution >= 0.6 is 11.3 Å². The minimum atomic E-state index is -3.58. The molecular weight excluding hydrogens is 284 g/mol. The van der Waals surface area contributed by atoms with Gasteiger partial charge in [0.15, 0.2) is 0 Å². The highest BCUT2D eigenvalue weighted by molar-refractivity contribution is 7.89. The maximum atomic E-state index is 11.9. The quantitative estimate of drug-likeness (QED) is 0.885. The third-order valence-corrected chi connectivity index (χ3v) is 4.40. The lowest BCUT2D eigenvalue weighted by Gasteiger charge is -2.05. The molecule has 19 heavy (non-hydrogen) atoms. The average molecular weight is 294 g/mol. The van der Waals surface area contributed by atoms with Crippen LogP contribution in [0, 0.1) is 11.3 Å². The average Bonchev–Trinajstić information content (AvgIpc) is 2.92. The number of thiazole rings is 1. The van der Waals surface area contributed by atoms with Crippen molar-refractivity contribution < 1.29 is 8.42 Å². The summed E-state index contributed by atoms with van der Waals surface area (Å²) in [5.41, 5.74) is 2.74. The van der Waals surface area contributed by atoms with Gasteiger partial charge in [0.1, 0.15) is 16.7 Å². The normalized spacial score (nSPS) is 11.1. The summed E-state index contributed by atoms with van der Waals surface area (Å²) in [5.74, 6) is 0. The fourth-order valence-electron chi connectivity index (χ4n) is 1.36. The summed E-state index contributed by atoms with van der Waals surface area (Å²) in [4.78, 5) is 7.84. The molecule has 0 saturated heterocycles. The molecule has 0 aliphatic rings. The first kappa shape index (κ1) is 13.6. The molecule has 2 heterocycles. The van der Waals surface area contributed by atoms with E-state index in [-0.39, 0.29) is 17.1 Å². The van der Waals surface area contributed by atoms with Crippen molar-refractivity contribution in [2.45, 2.75) is 11.3 Å². The van der Waals surface area contributed by atoms with Crippen LogP contribution < -0.4 is 4.72 Å². The molecule has 0 spiro atoms. The standard InChI is InChI=1S/C11H10N4O2S2/c12-5-9-1-2-11(6-13-9)19(16,17)15-4-3-10-7-18-8-14-10/h1-2,6-8,15H,3-4H2. The molecule has 98 valence electrons. The summed E-state index contributed by atoms with van der Waals surface area (Å²) >= 11 is 1.47. The van der Waals surface area contributed by atoms with Gasteiger partial charge in [-0.3, -0.25) is 0 Å². The predicted octanol–water partition coefficient (Wildman–Crippen LogP) is 0.931. The zero-order valence-corrected chi connectivity index (χ0v) is 11.4. The lowest BCUT2D eigenvalue weighted by Crippen LogP contribution is -2.26. The van der Waals surface area contributed by atoms with Crippen molar-refractivity contribution in [2.24, 2.45) is 0 Å².